The lowest BCUT2D eigenvalue weighted by Crippen LogP contribution is -2.51. The number of rotatable bonds is 2. The van der Waals surface area contributed by atoms with Crippen LogP contribution in [0.5, 0.6) is 0 Å². The van der Waals surface area contributed by atoms with E-state index in [1.807, 2.05) is 55.5 Å². The van der Waals surface area contributed by atoms with Crippen molar-refractivity contribution in [3.05, 3.63) is 59.8 Å². The summed E-state index contributed by atoms with van der Waals surface area (Å²) in [5, 5.41) is 3.82. The number of anilines is 1. The third kappa shape index (κ3) is 3.64. The molecule has 1 saturated heterocycles. The van der Waals surface area contributed by atoms with Crippen LogP contribution in [0, 0.1) is 6.92 Å². The van der Waals surface area contributed by atoms with E-state index in [1.165, 1.54) is 11.5 Å². The molecule has 0 spiro atoms. The van der Waals surface area contributed by atoms with Crippen LogP contribution in [0.25, 0.3) is 10.1 Å². The van der Waals surface area contributed by atoms with Crippen molar-refractivity contribution in [1.82, 2.24) is 14.2 Å². The van der Waals surface area contributed by atoms with Crippen molar-refractivity contribution in [2.45, 2.75) is 6.92 Å². The molecule has 2 aromatic carbocycles. The first-order valence-electron chi connectivity index (χ1n) is 8.88. The molecule has 27 heavy (non-hydrogen) atoms. The van der Waals surface area contributed by atoms with Gasteiger partial charge in [-0.3, -0.25) is 4.79 Å². The van der Waals surface area contributed by atoms with Crippen molar-refractivity contribution < 1.29 is 9.59 Å². The average Bonchev–Trinajstić information content (AvgIpc) is 3.12. The molecule has 0 unspecified atom stereocenters. The molecular weight excluding hydrogens is 360 g/mol. The lowest BCUT2D eigenvalue weighted by atomic mass is 10.2. The van der Waals surface area contributed by atoms with Gasteiger partial charge < -0.3 is 15.1 Å². The van der Waals surface area contributed by atoms with E-state index in [4.69, 9.17) is 0 Å². The van der Waals surface area contributed by atoms with E-state index in [1.54, 1.807) is 9.80 Å². The van der Waals surface area contributed by atoms with Crippen LogP contribution in [0.1, 0.15) is 16.1 Å². The third-order valence-corrected chi connectivity index (χ3v) is 5.53. The SMILES string of the molecule is Cc1cccc(NC(=O)N2CCN(C(=O)c3nsc4ccccc34)CC2)c1. The second kappa shape index (κ2) is 7.36. The zero-order chi connectivity index (χ0) is 18.8. The molecule has 3 amide bonds. The summed E-state index contributed by atoms with van der Waals surface area (Å²) < 4.78 is 5.36. The number of fused-ring (bicyclic) bond motifs is 1. The number of urea groups is 1. The van der Waals surface area contributed by atoms with Crippen LogP contribution in [-0.4, -0.2) is 52.3 Å². The molecule has 138 valence electrons. The number of carbonyl (C=O) groups excluding carboxylic acids is 2. The highest BCUT2D eigenvalue weighted by Gasteiger charge is 2.27. The van der Waals surface area contributed by atoms with E-state index in [9.17, 15) is 9.59 Å². The lowest BCUT2D eigenvalue weighted by molar-refractivity contribution is 0.0669. The summed E-state index contributed by atoms with van der Waals surface area (Å²) in [5.74, 6) is -0.0637. The first-order chi connectivity index (χ1) is 13.1. The maximum atomic E-state index is 12.8. The normalized spacial score (nSPS) is 14.4. The van der Waals surface area contributed by atoms with Crippen LogP contribution in [0.15, 0.2) is 48.5 Å². The Morgan fingerprint density at radius 1 is 1.00 bits per heavy atom. The van der Waals surface area contributed by atoms with Gasteiger partial charge in [0, 0.05) is 37.3 Å². The topological polar surface area (TPSA) is 65.5 Å². The Morgan fingerprint density at radius 3 is 2.52 bits per heavy atom. The molecule has 1 N–H and O–H groups in total. The van der Waals surface area contributed by atoms with Crippen molar-refractivity contribution >= 4 is 39.2 Å². The first kappa shape index (κ1) is 17.5. The molecule has 7 heteroatoms. The van der Waals surface area contributed by atoms with E-state index in [0.717, 1.165) is 21.3 Å². The number of hydrogen-bond acceptors (Lipinski definition) is 4. The maximum Gasteiger partial charge on any atom is 0.321 e. The molecule has 0 saturated carbocycles. The fourth-order valence-corrected chi connectivity index (χ4v) is 4.00. The molecule has 0 aliphatic carbocycles. The average molecular weight is 380 g/mol. The molecule has 1 aromatic heterocycles. The standard InChI is InChI=1S/C20H20N4O2S/c1-14-5-4-6-15(13-14)21-20(26)24-11-9-23(10-12-24)19(25)18-16-7-2-3-8-17(16)27-22-18/h2-8,13H,9-12H2,1H3,(H,21,26). The summed E-state index contributed by atoms with van der Waals surface area (Å²) >= 11 is 1.34. The van der Waals surface area contributed by atoms with E-state index in [2.05, 4.69) is 9.69 Å². The van der Waals surface area contributed by atoms with Crippen molar-refractivity contribution in [2.24, 2.45) is 0 Å². The van der Waals surface area contributed by atoms with Crippen LogP contribution < -0.4 is 5.32 Å². The van der Waals surface area contributed by atoms with Gasteiger partial charge in [-0.15, -0.1) is 0 Å². The summed E-state index contributed by atoms with van der Waals surface area (Å²) in [6, 6.07) is 15.3. The van der Waals surface area contributed by atoms with E-state index >= 15 is 0 Å². The molecule has 6 nitrogen and oxygen atoms in total. The number of nitrogens with zero attached hydrogens (tertiary/aromatic N) is 3. The Hall–Kier alpha value is -2.93. The fourth-order valence-electron chi connectivity index (χ4n) is 3.23. The van der Waals surface area contributed by atoms with Gasteiger partial charge in [0.15, 0.2) is 0 Å². The molecule has 2 heterocycles. The maximum absolute atomic E-state index is 12.8. The third-order valence-electron chi connectivity index (χ3n) is 4.70. The van der Waals surface area contributed by atoms with Gasteiger partial charge in [0.05, 0.1) is 4.70 Å². The summed E-state index contributed by atoms with van der Waals surface area (Å²) in [6.45, 7) is 4.01. The second-order valence-corrected chi connectivity index (χ2v) is 7.41. The number of carbonyl (C=O) groups is 2. The van der Waals surface area contributed by atoms with Crippen LogP contribution in [0.4, 0.5) is 10.5 Å². The number of piperazine rings is 1. The van der Waals surface area contributed by atoms with Crippen molar-refractivity contribution in [3.63, 3.8) is 0 Å². The van der Waals surface area contributed by atoms with Crippen molar-refractivity contribution in [1.29, 1.82) is 0 Å². The molecule has 3 aromatic rings. The Balaban J connectivity index is 1.38. The summed E-state index contributed by atoms with van der Waals surface area (Å²) in [5.41, 5.74) is 2.39. The van der Waals surface area contributed by atoms with E-state index in [0.29, 0.717) is 31.9 Å². The molecular formula is C20H20N4O2S. The quantitative estimate of drug-likeness (QED) is 0.739. The smallest absolute Gasteiger partial charge is 0.321 e. The van der Waals surface area contributed by atoms with E-state index in [-0.39, 0.29) is 11.9 Å². The molecule has 1 aliphatic rings. The molecule has 0 radical (unpaired) electrons. The Morgan fingerprint density at radius 2 is 1.74 bits per heavy atom. The number of benzene rings is 2. The molecule has 4 rings (SSSR count). The molecule has 0 bridgehead atoms. The predicted molar refractivity (Wildman–Crippen MR) is 107 cm³/mol. The van der Waals surface area contributed by atoms with E-state index < -0.39 is 0 Å². The molecule has 1 fully saturated rings. The summed E-state index contributed by atoms with van der Waals surface area (Å²) in [7, 11) is 0. The molecule has 0 atom stereocenters. The Labute approximate surface area is 161 Å². The Kier molecular flexibility index (Phi) is 4.77. The van der Waals surface area contributed by atoms with Gasteiger partial charge in [0.1, 0.15) is 5.69 Å². The van der Waals surface area contributed by atoms with Crippen LogP contribution >= 0.6 is 11.5 Å². The van der Waals surface area contributed by atoms with Gasteiger partial charge in [-0.05, 0) is 42.2 Å². The monoisotopic (exact) mass is 380 g/mol. The largest absolute Gasteiger partial charge is 0.334 e. The highest BCUT2D eigenvalue weighted by atomic mass is 32.1. The number of hydrogen-bond donors (Lipinski definition) is 1. The van der Waals surface area contributed by atoms with Crippen LogP contribution in [0.2, 0.25) is 0 Å². The van der Waals surface area contributed by atoms with Gasteiger partial charge in [0.25, 0.3) is 5.91 Å². The highest BCUT2D eigenvalue weighted by Crippen LogP contribution is 2.23. The summed E-state index contributed by atoms with van der Waals surface area (Å²) in [6.07, 6.45) is 0. The zero-order valence-corrected chi connectivity index (χ0v) is 15.8. The van der Waals surface area contributed by atoms with Gasteiger partial charge in [-0.1, -0.05) is 30.3 Å². The van der Waals surface area contributed by atoms with Crippen LogP contribution in [0.3, 0.4) is 0 Å². The number of aryl methyl sites for hydroxylation is 1. The Bertz CT molecular complexity index is 992. The lowest BCUT2D eigenvalue weighted by Gasteiger charge is -2.34. The summed E-state index contributed by atoms with van der Waals surface area (Å²) in [4.78, 5) is 28.8. The minimum atomic E-state index is -0.133. The first-order valence-corrected chi connectivity index (χ1v) is 9.65. The predicted octanol–water partition coefficient (Wildman–Crippen LogP) is 3.59. The number of nitrogens with one attached hydrogen (secondary N) is 1. The van der Waals surface area contributed by atoms with Gasteiger partial charge >= 0.3 is 6.03 Å². The van der Waals surface area contributed by atoms with Crippen molar-refractivity contribution in [2.75, 3.05) is 31.5 Å². The zero-order valence-electron chi connectivity index (χ0n) is 15.0. The number of aromatic nitrogens is 1. The minimum Gasteiger partial charge on any atom is -0.334 e. The fraction of sp³-hybridized carbons (Fsp3) is 0.250. The number of amides is 3. The van der Waals surface area contributed by atoms with Gasteiger partial charge in [0.2, 0.25) is 0 Å². The minimum absolute atomic E-state index is 0.0637. The van der Waals surface area contributed by atoms with Crippen LogP contribution in [-0.2, 0) is 0 Å². The highest BCUT2D eigenvalue weighted by molar-refractivity contribution is 7.13. The van der Waals surface area contributed by atoms with Gasteiger partial charge in [-0.25, -0.2) is 4.79 Å². The molecule has 1 aliphatic heterocycles. The van der Waals surface area contributed by atoms with Gasteiger partial charge in [-0.2, -0.15) is 4.37 Å². The van der Waals surface area contributed by atoms with Crippen molar-refractivity contribution in [3.8, 4) is 0 Å². The second-order valence-electron chi connectivity index (χ2n) is 6.61.